The maximum Gasteiger partial charge on any atom is 0.492 e. The number of phenols is 1. The van der Waals surface area contributed by atoms with Crippen LogP contribution in [0.25, 0.3) is 6.08 Å². The third-order valence-corrected chi connectivity index (χ3v) is 5.84. The normalized spacial score (nSPS) is 17.5. The number of aryl methyl sites for hydroxylation is 1. The predicted octanol–water partition coefficient (Wildman–Crippen LogP) is 4.64. The van der Waals surface area contributed by atoms with Gasteiger partial charge in [0.05, 0.1) is 11.2 Å². The van der Waals surface area contributed by atoms with Crippen molar-refractivity contribution in [2.75, 3.05) is 6.54 Å². The van der Waals surface area contributed by atoms with Gasteiger partial charge in [0.1, 0.15) is 12.4 Å². The molecule has 3 rings (SSSR count). The number of nitrogens with one attached hydrogen (secondary N) is 1. The number of alkyl carbamates (subject to hydrolysis) is 1. The summed E-state index contributed by atoms with van der Waals surface area (Å²) in [5, 5.41) is 13.1. The van der Waals surface area contributed by atoms with Crippen LogP contribution in [0.3, 0.4) is 0 Å². The van der Waals surface area contributed by atoms with Gasteiger partial charge < -0.3 is 24.5 Å². The highest BCUT2D eigenvalue weighted by Crippen LogP contribution is 2.39. The Morgan fingerprint density at radius 3 is 2.32 bits per heavy atom. The zero-order valence-corrected chi connectivity index (χ0v) is 18.8. The van der Waals surface area contributed by atoms with Crippen molar-refractivity contribution in [3.63, 3.8) is 0 Å². The van der Waals surface area contributed by atoms with Crippen molar-refractivity contribution in [3.05, 3.63) is 70.7 Å². The van der Waals surface area contributed by atoms with Crippen molar-refractivity contribution in [2.45, 2.75) is 52.4 Å². The second kappa shape index (κ2) is 9.16. The molecule has 1 amide bonds. The topological polar surface area (TPSA) is 77.0 Å². The summed E-state index contributed by atoms with van der Waals surface area (Å²) in [7, 11) is -0.668. The summed E-state index contributed by atoms with van der Waals surface area (Å²) >= 11 is 0. The first-order valence-electron chi connectivity index (χ1n) is 10.4. The Morgan fingerprint density at radius 1 is 1.06 bits per heavy atom. The second-order valence-corrected chi connectivity index (χ2v) is 8.73. The fraction of sp³-hybridized carbons (Fsp3) is 0.375. The zero-order valence-electron chi connectivity index (χ0n) is 18.8. The monoisotopic (exact) mass is 423 g/mol. The van der Waals surface area contributed by atoms with Crippen LogP contribution in [-0.2, 0) is 20.7 Å². The van der Waals surface area contributed by atoms with Crippen LogP contribution in [0, 0.1) is 6.92 Å². The molecule has 164 valence electrons. The van der Waals surface area contributed by atoms with Crippen LogP contribution >= 0.6 is 0 Å². The summed E-state index contributed by atoms with van der Waals surface area (Å²) < 4.78 is 17.7. The fourth-order valence-electron chi connectivity index (χ4n) is 3.18. The van der Waals surface area contributed by atoms with Crippen LogP contribution in [0.15, 0.2) is 54.0 Å². The molecule has 0 unspecified atom stereocenters. The summed E-state index contributed by atoms with van der Waals surface area (Å²) in [6, 6.07) is 14.8. The van der Waals surface area contributed by atoms with Gasteiger partial charge in [-0.3, -0.25) is 0 Å². The number of benzene rings is 2. The lowest BCUT2D eigenvalue weighted by atomic mass is 9.76. The summed E-state index contributed by atoms with van der Waals surface area (Å²) in [6.45, 7) is 10.1. The number of aromatic hydroxyl groups is 1. The van der Waals surface area contributed by atoms with E-state index in [0.717, 1.165) is 11.1 Å². The Balaban J connectivity index is 1.77. The third-order valence-electron chi connectivity index (χ3n) is 5.84. The molecule has 0 saturated carbocycles. The Morgan fingerprint density at radius 2 is 1.71 bits per heavy atom. The molecule has 0 aromatic heterocycles. The number of phenolic OH excluding ortho intramolecular Hbond substituents is 1. The smallest absolute Gasteiger partial charge is 0.492 e. The largest absolute Gasteiger partial charge is 0.507 e. The SMILES string of the molecule is Cc1cccc(O)c1C=C(CNC(=O)OCc1ccccc1)B1OC(C)(C)C(C)(C)O1. The number of carbonyl (C=O) groups excluding carboxylic acids is 1. The van der Waals surface area contributed by atoms with Crippen molar-refractivity contribution >= 4 is 19.3 Å². The fourth-order valence-corrected chi connectivity index (χ4v) is 3.18. The highest BCUT2D eigenvalue weighted by molar-refractivity contribution is 6.56. The molecule has 1 aliphatic rings. The van der Waals surface area contributed by atoms with Crippen LogP contribution < -0.4 is 5.32 Å². The van der Waals surface area contributed by atoms with Crippen LogP contribution in [0.2, 0.25) is 0 Å². The van der Waals surface area contributed by atoms with E-state index < -0.39 is 24.4 Å². The molecule has 1 fully saturated rings. The minimum absolute atomic E-state index is 0.151. The number of hydrogen-bond acceptors (Lipinski definition) is 5. The first-order valence-corrected chi connectivity index (χ1v) is 10.4. The molecule has 0 spiro atoms. The molecular formula is C24H30BNO5. The quantitative estimate of drug-likeness (QED) is 0.662. The van der Waals surface area contributed by atoms with Gasteiger partial charge in [0, 0.05) is 12.1 Å². The maximum absolute atomic E-state index is 12.3. The average Bonchev–Trinajstić information content (AvgIpc) is 2.93. The van der Waals surface area contributed by atoms with Gasteiger partial charge in [0.25, 0.3) is 0 Å². The second-order valence-electron chi connectivity index (χ2n) is 8.73. The van der Waals surface area contributed by atoms with E-state index in [-0.39, 0.29) is 18.9 Å². The lowest BCUT2D eigenvalue weighted by Gasteiger charge is -2.32. The van der Waals surface area contributed by atoms with E-state index in [2.05, 4.69) is 5.32 Å². The Kier molecular flexibility index (Phi) is 6.77. The van der Waals surface area contributed by atoms with Crippen LogP contribution in [0.4, 0.5) is 4.79 Å². The van der Waals surface area contributed by atoms with Crippen molar-refractivity contribution in [1.29, 1.82) is 0 Å². The third kappa shape index (κ3) is 5.48. The number of rotatable bonds is 6. The molecular weight excluding hydrogens is 393 g/mol. The van der Waals surface area contributed by atoms with Crippen molar-refractivity contribution in [2.24, 2.45) is 0 Å². The number of amides is 1. The molecule has 1 saturated heterocycles. The summed E-state index contributed by atoms with van der Waals surface area (Å²) in [4.78, 5) is 12.3. The van der Waals surface area contributed by atoms with Crippen LogP contribution in [0.5, 0.6) is 5.75 Å². The van der Waals surface area contributed by atoms with Gasteiger partial charge in [-0.05, 0) is 57.3 Å². The minimum Gasteiger partial charge on any atom is -0.507 e. The predicted molar refractivity (Wildman–Crippen MR) is 122 cm³/mol. The Bertz CT molecular complexity index is 919. The minimum atomic E-state index is -0.668. The van der Waals surface area contributed by atoms with Gasteiger partial charge >= 0.3 is 13.2 Å². The molecule has 6 nitrogen and oxygen atoms in total. The molecule has 0 aliphatic carbocycles. The van der Waals surface area contributed by atoms with Crippen molar-refractivity contribution in [3.8, 4) is 5.75 Å². The zero-order chi connectivity index (χ0) is 22.6. The van der Waals surface area contributed by atoms with Gasteiger partial charge in [-0.2, -0.15) is 0 Å². The first-order chi connectivity index (χ1) is 14.6. The average molecular weight is 423 g/mol. The summed E-state index contributed by atoms with van der Waals surface area (Å²) in [5.74, 6) is 0.153. The highest BCUT2D eigenvalue weighted by Gasteiger charge is 2.52. The van der Waals surface area contributed by atoms with Gasteiger partial charge in [0.15, 0.2) is 0 Å². The molecule has 0 radical (unpaired) electrons. The highest BCUT2D eigenvalue weighted by atomic mass is 16.7. The van der Waals surface area contributed by atoms with E-state index in [1.54, 1.807) is 12.1 Å². The Hall–Kier alpha value is -2.77. The van der Waals surface area contributed by atoms with E-state index >= 15 is 0 Å². The number of hydrogen-bond donors (Lipinski definition) is 2. The summed E-state index contributed by atoms with van der Waals surface area (Å²) in [5.41, 5.74) is 2.09. The molecule has 0 atom stereocenters. The van der Waals surface area contributed by atoms with Crippen molar-refractivity contribution < 1.29 is 23.9 Å². The van der Waals surface area contributed by atoms with E-state index in [0.29, 0.717) is 11.0 Å². The standard InChI is InChI=1S/C24H30BNO5/c1-17-10-9-13-21(27)20(17)14-19(25-30-23(2,3)24(4,5)31-25)15-26-22(28)29-16-18-11-7-6-8-12-18/h6-14,27H,15-16H2,1-5H3,(H,26,28). The van der Waals surface area contributed by atoms with Gasteiger partial charge in [0.2, 0.25) is 0 Å². The van der Waals surface area contributed by atoms with E-state index in [1.807, 2.05) is 77.1 Å². The molecule has 1 heterocycles. The molecule has 2 aromatic carbocycles. The van der Waals surface area contributed by atoms with Gasteiger partial charge in [-0.15, -0.1) is 0 Å². The first kappa shape index (κ1) is 22.9. The summed E-state index contributed by atoms with van der Waals surface area (Å²) in [6.07, 6.45) is 1.27. The lowest BCUT2D eigenvalue weighted by molar-refractivity contribution is 0.00578. The molecule has 7 heteroatoms. The molecule has 1 aliphatic heterocycles. The van der Waals surface area contributed by atoms with Crippen molar-refractivity contribution in [1.82, 2.24) is 5.32 Å². The van der Waals surface area contributed by atoms with Crippen LogP contribution in [-0.4, -0.2) is 36.1 Å². The van der Waals surface area contributed by atoms with E-state index in [9.17, 15) is 9.90 Å². The van der Waals surface area contributed by atoms with Gasteiger partial charge in [-0.25, -0.2) is 4.79 Å². The lowest BCUT2D eigenvalue weighted by Crippen LogP contribution is -2.41. The van der Waals surface area contributed by atoms with E-state index in [1.165, 1.54) is 0 Å². The maximum atomic E-state index is 12.3. The number of carbonyl (C=O) groups is 1. The molecule has 0 bridgehead atoms. The molecule has 2 aromatic rings. The van der Waals surface area contributed by atoms with E-state index in [4.69, 9.17) is 14.0 Å². The number of ether oxygens (including phenoxy) is 1. The molecule has 31 heavy (non-hydrogen) atoms. The van der Waals surface area contributed by atoms with Gasteiger partial charge in [-0.1, -0.05) is 48.5 Å². The van der Waals surface area contributed by atoms with Crippen LogP contribution in [0.1, 0.15) is 44.4 Å². The Labute approximate surface area is 184 Å². The molecule has 2 N–H and O–H groups in total.